The molecule has 17 heavy (non-hydrogen) atoms. The molecule has 0 aliphatic rings. The summed E-state index contributed by atoms with van der Waals surface area (Å²) >= 11 is 0. The summed E-state index contributed by atoms with van der Waals surface area (Å²) < 4.78 is 27.2. The van der Waals surface area contributed by atoms with E-state index < -0.39 is 16.0 Å². The maximum atomic E-state index is 11.1. The molecule has 6 nitrogen and oxygen atoms in total. The van der Waals surface area contributed by atoms with Crippen LogP contribution < -0.4 is 9.88 Å². The summed E-state index contributed by atoms with van der Waals surface area (Å²) in [5.41, 5.74) is 0.321. The molecule has 7 heteroatoms. The first-order chi connectivity index (χ1) is 7.84. The molecule has 0 aromatic heterocycles. The summed E-state index contributed by atoms with van der Waals surface area (Å²) in [7, 11) is -2.43. The SMILES string of the molecule is COc1ccc(S(N)(=O)=O)cc1C=CC(=O)O. The molecule has 1 aromatic carbocycles. The van der Waals surface area contributed by atoms with Crippen LogP contribution in [0.4, 0.5) is 0 Å². The van der Waals surface area contributed by atoms with Crippen molar-refractivity contribution < 1.29 is 23.1 Å². The Morgan fingerprint density at radius 2 is 2.12 bits per heavy atom. The second-order valence-electron chi connectivity index (χ2n) is 3.12. The lowest BCUT2D eigenvalue weighted by molar-refractivity contribution is -0.131. The molecule has 0 saturated heterocycles. The van der Waals surface area contributed by atoms with E-state index in [2.05, 4.69) is 0 Å². The van der Waals surface area contributed by atoms with Crippen LogP contribution in [0.5, 0.6) is 5.75 Å². The van der Waals surface area contributed by atoms with Gasteiger partial charge in [-0.05, 0) is 24.3 Å². The first-order valence-corrected chi connectivity index (χ1v) is 6.01. The largest absolute Gasteiger partial charge is 0.496 e. The highest BCUT2D eigenvalue weighted by molar-refractivity contribution is 7.89. The van der Waals surface area contributed by atoms with Crippen LogP contribution in [0.3, 0.4) is 0 Å². The number of carboxylic acid groups (broad SMARTS) is 1. The molecule has 0 unspecified atom stereocenters. The zero-order chi connectivity index (χ0) is 13.1. The Hall–Kier alpha value is -1.86. The minimum atomic E-state index is -3.83. The van der Waals surface area contributed by atoms with Crippen molar-refractivity contribution in [2.45, 2.75) is 4.90 Å². The topological polar surface area (TPSA) is 107 Å². The van der Waals surface area contributed by atoms with Crippen molar-refractivity contribution in [2.24, 2.45) is 5.14 Å². The van der Waals surface area contributed by atoms with Crippen molar-refractivity contribution in [3.05, 3.63) is 29.8 Å². The van der Waals surface area contributed by atoms with Crippen LogP contribution in [0.15, 0.2) is 29.2 Å². The summed E-state index contributed by atoms with van der Waals surface area (Å²) in [6, 6.07) is 3.93. The quantitative estimate of drug-likeness (QED) is 0.761. The molecule has 0 fully saturated rings. The molecule has 0 amide bonds. The number of rotatable bonds is 4. The van der Waals surface area contributed by atoms with E-state index >= 15 is 0 Å². The van der Waals surface area contributed by atoms with Crippen LogP contribution in [0.25, 0.3) is 6.08 Å². The van der Waals surface area contributed by atoms with Gasteiger partial charge in [0.2, 0.25) is 10.0 Å². The van der Waals surface area contributed by atoms with Crippen molar-refractivity contribution in [2.75, 3.05) is 7.11 Å². The minimum Gasteiger partial charge on any atom is -0.496 e. The third kappa shape index (κ3) is 3.58. The fraction of sp³-hybridized carbons (Fsp3) is 0.100. The lowest BCUT2D eigenvalue weighted by Gasteiger charge is -2.06. The third-order valence-electron chi connectivity index (χ3n) is 1.94. The third-order valence-corrected chi connectivity index (χ3v) is 2.85. The molecule has 0 aliphatic heterocycles. The molecule has 0 atom stereocenters. The van der Waals surface area contributed by atoms with Gasteiger partial charge in [0.15, 0.2) is 0 Å². The van der Waals surface area contributed by atoms with Crippen molar-refractivity contribution in [1.82, 2.24) is 0 Å². The smallest absolute Gasteiger partial charge is 0.328 e. The van der Waals surface area contributed by atoms with E-state index in [1.807, 2.05) is 0 Å². The molecule has 92 valence electrons. The average Bonchev–Trinajstić information content (AvgIpc) is 2.24. The monoisotopic (exact) mass is 257 g/mol. The predicted octanol–water partition coefficient (Wildman–Crippen LogP) is 0.440. The molecule has 0 spiro atoms. The number of aliphatic carboxylic acids is 1. The molecule has 1 aromatic rings. The van der Waals surface area contributed by atoms with Gasteiger partial charge in [-0.3, -0.25) is 0 Å². The summed E-state index contributed by atoms with van der Waals surface area (Å²) in [6.07, 6.45) is 2.11. The number of methoxy groups -OCH3 is 1. The van der Waals surface area contributed by atoms with Gasteiger partial charge in [0, 0.05) is 11.6 Å². The zero-order valence-electron chi connectivity index (χ0n) is 8.95. The summed E-state index contributed by atoms with van der Waals surface area (Å²) in [4.78, 5) is 10.3. The predicted molar refractivity (Wildman–Crippen MR) is 61.0 cm³/mol. The first-order valence-electron chi connectivity index (χ1n) is 4.46. The second kappa shape index (κ2) is 4.98. The Kier molecular flexibility index (Phi) is 3.87. The Labute approximate surface area is 98.4 Å². The maximum Gasteiger partial charge on any atom is 0.328 e. The van der Waals surface area contributed by atoms with Crippen LogP contribution in [-0.4, -0.2) is 26.6 Å². The minimum absolute atomic E-state index is 0.108. The lowest BCUT2D eigenvalue weighted by atomic mass is 10.2. The van der Waals surface area contributed by atoms with E-state index in [1.165, 1.54) is 31.4 Å². The van der Waals surface area contributed by atoms with E-state index in [0.29, 0.717) is 11.3 Å². The van der Waals surface area contributed by atoms with Crippen LogP contribution in [0.1, 0.15) is 5.56 Å². The highest BCUT2D eigenvalue weighted by atomic mass is 32.2. The summed E-state index contributed by atoms with van der Waals surface area (Å²) in [5, 5.41) is 13.5. The van der Waals surface area contributed by atoms with E-state index in [4.69, 9.17) is 15.0 Å². The molecule has 3 N–H and O–H groups in total. The molecular weight excluding hydrogens is 246 g/mol. The Morgan fingerprint density at radius 1 is 1.47 bits per heavy atom. The first kappa shape index (κ1) is 13.2. The standard InChI is InChI=1S/C10H11NO5S/c1-16-9-4-3-8(17(11,14)15)6-7(9)2-5-10(12)13/h2-6H,1H3,(H,12,13)(H2,11,14,15). The molecular formula is C10H11NO5S. The zero-order valence-corrected chi connectivity index (χ0v) is 9.77. The number of benzene rings is 1. The molecule has 0 saturated carbocycles. The van der Waals surface area contributed by atoms with E-state index in [1.54, 1.807) is 0 Å². The maximum absolute atomic E-state index is 11.1. The Morgan fingerprint density at radius 3 is 2.59 bits per heavy atom. The molecule has 0 aliphatic carbocycles. The summed E-state index contributed by atoms with van der Waals surface area (Å²) in [5.74, 6) is -0.789. The number of sulfonamides is 1. The highest BCUT2D eigenvalue weighted by Gasteiger charge is 2.10. The fourth-order valence-corrected chi connectivity index (χ4v) is 1.73. The fourth-order valence-electron chi connectivity index (χ4n) is 1.18. The van der Waals surface area contributed by atoms with Crippen molar-refractivity contribution in [3.8, 4) is 5.75 Å². The number of primary sulfonamides is 1. The number of ether oxygens (including phenoxy) is 1. The van der Waals surface area contributed by atoms with Gasteiger partial charge in [0.1, 0.15) is 5.75 Å². The molecule has 0 bridgehead atoms. The normalized spacial score (nSPS) is 11.6. The van der Waals surface area contributed by atoms with Gasteiger partial charge in [0.25, 0.3) is 0 Å². The van der Waals surface area contributed by atoms with Gasteiger partial charge in [-0.25, -0.2) is 18.4 Å². The molecule has 1 rings (SSSR count). The van der Waals surface area contributed by atoms with Gasteiger partial charge in [-0.1, -0.05) is 0 Å². The number of hydrogen-bond acceptors (Lipinski definition) is 4. The molecule has 0 radical (unpaired) electrons. The second-order valence-corrected chi connectivity index (χ2v) is 4.68. The van der Waals surface area contributed by atoms with Crippen molar-refractivity contribution >= 4 is 22.1 Å². The van der Waals surface area contributed by atoms with Crippen LogP contribution in [-0.2, 0) is 14.8 Å². The number of hydrogen-bond donors (Lipinski definition) is 2. The highest BCUT2D eigenvalue weighted by Crippen LogP contribution is 2.23. The van der Waals surface area contributed by atoms with E-state index in [-0.39, 0.29) is 4.90 Å². The Balaban J connectivity index is 3.30. The van der Waals surface area contributed by atoms with Crippen LogP contribution in [0.2, 0.25) is 0 Å². The number of nitrogens with two attached hydrogens (primary N) is 1. The average molecular weight is 257 g/mol. The van der Waals surface area contributed by atoms with E-state index in [9.17, 15) is 13.2 Å². The van der Waals surface area contributed by atoms with Crippen molar-refractivity contribution in [3.63, 3.8) is 0 Å². The van der Waals surface area contributed by atoms with Crippen LogP contribution in [0, 0.1) is 0 Å². The van der Waals surface area contributed by atoms with Gasteiger partial charge in [-0.15, -0.1) is 0 Å². The summed E-state index contributed by atoms with van der Waals surface area (Å²) in [6.45, 7) is 0. The van der Waals surface area contributed by atoms with Gasteiger partial charge < -0.3 is 9.84 Å². The van der Waals surface area contributed by atoms with E-state index in [0.717, 1.165) is 6.08 Å². The Bertz CT molecular complexity index is 562. The van der Waals surface area contributed by atoms with Crippen LogP contribution >= 0.6 is 0 Å². The van der Waals surface area contributed by atoms with Gasteiger partial charge in [0.05, 0.1) is 12.0 Å². The number of carboxylic acids is 1. The lowest BCUT2D eigenvalue weighted by Crippen LogP contribution is -2.12. The molecule has 0 heterocycles. The number of carbonyl (C=O) groups is 1. The van der Waals surface area contributed by atoms with Gasteiger partial charge in [-0.2, -0.15) is 0 Å². The van der Waals surface area contributed by atoms with Gasteiger partial charge >= 0.3 is 5.97 Å². The van der Waals surface area contributed by atoms with Crippen molar-refractivity contribution in [1.29, 1.82) is 0 Å².